The monoisotopic (exact) mass is 252 g/mol. The molecule has 0 aromatic heterocycles. The molecule has 98 valence electrons. The van der Waals surface area contributed by atoms with Crippen LogP contribution in [0.1, 0.15) is 13.8 Å². The van der Waals surface area contributed by atoms with Gasteiger partial charge in [-0.05, 0) is 19.9 Å². The van der Waals surface area contributed by atoms with Crippen molar-refractivity contribution in [3.05, 3.63) is 28.3 Å². The van der Waals surface area contributed by atoms with Gasteiger partial charge in [-0.3, -0.25) is 14.9 Å². The number of nitrogens with one attached hydrogen (secondary N) is 2. The quantitative estimate of drug-likeness (QED) is 0.413. The van der Waals surface area contributed by atoms with E-state index in [9.17, 15) is 14.9 Å². The Hall–Kier alpha value is -2.31. The summed E-state index contributed by atoms with van der Waals surface area (Å²) in [5, 5.41) is 16.2. The molecule has 0 heterocycles. The molecule has 0 saturated carbocycles. The molecule has 0 aliphatic carbocycles. The zero-order valence-corrected chi connectivity index (χ0v) is 10.3. The molecular formula is C11H16N4O3. The lowest BCUT2D eigenvalue weighted by molar-refractivity contribution is -0.384. The van der Waals surface area contributed by atoms with E-state index in [1.807, 2.05) is 6.92 Å². The van der Waals surface area contributed by atoms with Gasteiger partial charge in [-0.25, -0.2) is 0 Å². The number of carbonyl (C=O) groups is 1. The van der Waals surface area contributed by atoms with Crippen molar-refractivity contribution in [2.75, 3.05) is 17.6 Å². The predicted octanol–water partition coefficient (Wildman–Crippen LogP) is 1.11. The molecule has 0 fully saturated rings. The largest absolute Gasteiger partial charge is 0.398 e. The van der Waals surface area contributed by atoms with Crippen molar-refractivity contribution in [3.8, 4) is 0 Å². The minimum atomic E-state index is -0.529. The summed E-state index contributed by atoms with van der Waals surface area (Å²) >= 11 is 0. The number of nitrogens with zero attached hydrogens (tertiary/aromatic N) is 1. The summed E-state index contributed by atoms with van der Waals surface area (Å²) in [6.07, 6.45) is 0. The van der Waals surface area contributed by atoms with Crippen LogP contribution in [0.3, 0.4) is 0 Å². The van der Waals surface area contributed by atoms with E-state index >= 15 is 0 Å². The van der Waals surface area contributed by atoms with Gasteiger partial charge in [0.15, 0.2) is 0 Å². The lowest BCUT2D eigenvalue weighted by atomic mass is 10.2. The number of nitrogen functional groups attached to an aromatic ring is 1. The van der Waals surface area contributed by atoms with Crippen molar-refractivity contribution in [2.24, 2.45) is 0 Å². The first-order valence-electron chi connectivity index (χ1n) is 5.53. The van der Waals surface area contributed by atoms with Crippen LogP contribution >= 0.6 is 0 Å². The smallest absolute Gasteiger partial charge is 0.273 e. The molecule has 0 aliphatic rings. The Morgan fingerprint density at radius 2 is 2.17 bits per heavy atom. The van der Waals surface area contributed by atoms with Crippen molar-refractivity contribution in [2.45, 2.75) is 19.9 Å². The Kier molecular flexibility index (Phi) is 4.47. The highest BCUT2D eigenvalue weighted by Crippen LogP contribution is 2.22. The second-order valence-electron chi connectivity index (χ2n) is 3.83. The molecule has 0 spiro atoms. The van der Waals surface area contributed by atoms with Crippen molar-refractivity contribution in [1.29, 1.82) is 0 Å². The van der Waals surface area contributed by atoms with Crippen LogP contribution in [0.15, 0.2) is 18.2 Å². The minimum Gasteiger partial charge on any atom is -0.398 e. The second-order valence-corrected chi connectivity index (χ2v) is 3.83. The lowest BCUT2D eigenvalue weighted by Gasteiger charge is -2.14. The van der Waals surface area contributed by atoms with E-state index < -0.39 is 11.0 Å². The number of anilines is 2. The Labute approximate surface area is 105 Å². The Morgan fingerprint density at radius 1 is 1.50 bits per heavy atom. The minimum absolute atomic E-state index is 0.111. The number of hydrogen-bond donors (Lipinski definition) is 3. The third-order valence-corrected chi connectivity index (χ3v) is 2.28. The number of likely N-dealkylation sites (N-methyl/N-ethyl adjacent to an activating group) is 1. The van der Waals surface area contributed by atoms with Gasteiger partial charge < -0.3 is 16.4 Å². The van der Waals surface area contributed by atoms with E-state index in [0.717, 1.165) is 0 Å². The average molecular weight is 252 g/mol. The number of nitro groups is 1. The molecule has 18 heavy (non-hydrogen) atoms. The Bertz CT molecular complexity index is 462. The zero-order valence-electron chi connectivity index (χ0n) is 10.3. The summed E-state index contributed by atoms with van der Waals surface area (Å²) in [6.45, 7) is 4.01. The molecule has 1 atom stereocenters. The summed E-state index contributed by atoms with van der Waals surface area (Å²) < 4.78 is 0. The van der Waals surface area contributed by atoms with Gasteiger partial charge in [-0.15, -0.1) is 0 Å². The number of nitro benzene ring substituents is 1. The first-order valence-corrected chi connectivity index (χ1v) is 5.53. The summed E-state index contributed by atoms with van der Waals surface area (Å²) in [5.41, 5.74) is 6.17. The van der Waals surface area contributed by atoms with Crippen LogP contribution < -0.4 is 16.4 Å². The average Bonchev–Trinajstić information content (AvgIpc) is 2.28. The van der Waals surface area contributed by atoms with E-state index in [1.54, 1.807) is 13.0 Å². The van der Waals surface area contributed by atoms with Crippen LogP contribution in [0.2, 0.25) is 0 Å². The molecule has 0 saturated heterocycles. The summed E-state index contributed by atoms with van der Waals surface area (Å²) in [6, 6.07) is 3.66. The van der Waals surface area contributed by atoms with Crippen molar-refractivity contribution in [1.82, 2.24) is 5.32 Å². The fraction of sp³-hybridized carbons (Fsp3) is 0.364. The third kappa shape index (κ3) is 3.62. The van der Waals surface area contributed by atoms with Crippen LogP contribution in [-0.4, -0.2) is 23.4 Å². The molecular weight excluding hydrogens is 236 g/mol. The van der Waals surface area contributed by atoms with E-state index in [-0.39, 0.29) is 17.3 Å². The van der Waals surface area contributed by atoms with Crippen molar-refractivity contribution >= 4 is 23.0 Å². The van der Waals surface area contributed by atoms with Crippen molar-refractivity contribution in [3.63, 3.8) is 0 Å². The van der Waals surface area contributed by atoms with Crippen LogP contribution in [0.25, 0.3) is 0 Å². The second kappa shape index (κ2) is 5.85. The SMILES string of the molecule is CCNC(=O)C(C)Nc1cc(N)cc([N+](=O)[O-])c1. The number of hydrogen-bond acceptors (Lipinski definition) is 5. The van der Waals surface area contributed by atoms with Gasteiger partial charge in [-0.1, -0.05) is 0 Å². The predicted molar refractivity (Wildman–Crippen MR) is 69.3 cm³/mol. The third-order valence-electron chi connectivity index (χ3n) is 2.28. The molecule has 0 bridgehead atoms. The fourth-order valence-corrected chi connectivity index (χ4v) is 1.47. The van der Waals surface area contributed by atoms with Crippen LogP contribution in [0.5, 0.6) is 0 Å². The van der Waals surface area contributed by atoms with Gasteiger partial charge in [0.2, 0.25) is 5.91 Å². The summed E-state index contributed by atoms with van der Waals surface area (Å²) in [4.78, 5) is 21.7. The van der Waals surface area contributed by atoms with Crippen LogP contribution in [-0.2, 0) is 4.79 Å². The standard InChI is InChI=1S/C11H16N4O3/c1-3-13-11(16)7(2)14-9-4-8(12)5-10(6-9)15(17)18/h4-7,14H,3,12H2,1-2H3,(H,13,16). The van der Waals surface area contributed by atoms with Crippen molar-refractivity contribution < 1.29 is 9.72 Å². The number of amides is 1. The van der Waals surface area contributed by atoms with Crippen LogP contribution in [0.4, 0.5) is 17.1 Å². The van der Waals surface area contributed by atoms with E-state index in [4.69, 9.17) is 5.73 Å². The maximum atomic E-state index is 11.5. The Balaban J connectivity index is 2.84. The maximum Gasteiger partial charge on any atom is 0.273 e. The highest BCUT2D eigenvalue weighted by Gasteiger charge is 2.14. The molecule has 1 unspecified atom stereocenters. The number of carbonyl (C=O) groups excluding carboxylic acids is 1. The molecule has 1 amide bonds. The van der Waals surface area contributed by atoms with Gasteiger partial charge in [0.05, 0.1) is 4.92 Å². The first kappa shape index (κ1) is 13.8. The number of nitrogens with two attached hydrogens (primary N) is 1. The molecule has 1 aromatic rings. The zero-order chi connectivity index (χ0) is 13.7. The highest BCUT2D eigenvalue weighted by molar-refractivity contribution is 5.84. The van der Waals surface area contributed by atoms with Gasteiger partial charge in [0, 0.05) is 30.1 Å². The fourth-order valence-electron chi connectivity index (χ4n) is 1.47. The Morgan fingerprint density at radius 3 is 2.72 bits per heavy atom. The van der Waals surface area contributed by atoms with Gasteiger partial charge in [0.25, 0.3) is 5.69 Å². The van der Waals surface area contributed by atoms with Gasteiger partial charge >= 0.3 is 0 Å². The normalized spacial score (nSPS) is 11.7. The molecule has 4 N–H and O–H groups in total. The maximum absolute atomic E-state index is 11.5. The molecule has 7 heteroatoms. The molecule has 0 radical (unpaired) electrons. The molecule has 1 aromatic carbocycles. The summed E-state index contributed by atoms with van der Waals surface area (Å²) in [5.74, 6) is -0.178. The van der Waals surface area contributed by atoms with Gasteiger partial charge in [-0.2, -0.15) is 0 Å². The summed E-state index contributed by atoms with van der Waals surface area (Å²) in [7, 11) is 0. The number of benzene rings is 1. The number of non-ortho nitro benzene ring substituents is 1. The molecule has 0 aliphatic heterocycles. The van der Waals surface area contributed by atoms with E-state index in [2.05, 4.69) is 10.6 Å². The number of rotatable bonds is 5. The van der Waals surface area contributed by atoms with Crippen LogP contribution in [0, 0.1) is 10.1 Å². The molecule has 7 nitrogen and oxygen atoms in total. The topological polar surface area (TPSA) is 110 Å². The highest BCUT2D eigenvalue weighted by atomic mass is 16.6. The van der Waals surface area contributed by atoms with Gasteiger partial charge in [0.1, 0.15) is 6.04 Å². The van der Waals surface area contributed by atoms with E-state index in [1.165, 1.54) is 12.1 Å². The van der Waals surface area contributed by atoms with E-state index in [0.29, 0.717) is 12.2 Å². The lowest BCUT2D eigenvalue weighted by Crippen LogP contribution is -2.37. The first-order chi connectivity index (χ1) is 8.43. The molecule has 1 rings (SSSR count).